The highest BCUT2D eigenvalue weighted by Gasteiger charge is 2.20. The first-order valence-corrected chi connectivity index (χ1v) is 8.30. The van der Waals surface area contributed by atoms with Gasteiger partial charge in [0.1, 0.15) is 4.88 Å². The first-order chi connectivity index (χ1) is 10.7. The van der Waals surface area contributed by atoms with E-state index < -0.39 is 0 Å². The van der Waals surface area contributed by atoms with E-state index in [4.69, 9.17) is 11.6 Å². The summed E-state index contributed by atoms with van der Waals surface area (Å²) in [7, 11) is 0. The highest BCUT2D eigenvalue weighted by atomic mass is 35.5. The maximum atomic E-state index is 12.3. The summed E-state index contributed by atoms with van der Waals surface area (Å²) in [4.78, 5) is 26.5. The molecule has 1 aromatic carbocycles. The fourth-order valence-corrected chi connectivity index (χ4v) is 3.86. The molecule has 2 N–H and O–H groups in total. The van der Waals surface area contributed by atoms with Gasteiger partial charge >= 0.3 is 0 Å². The summed E-state index contributed by atoms with van der Waals surface area (Å²) in [6.07, 6.45) is 0. The van der Waals surface area contributed by atoms with Crippen molar-refractivity contribution in [1.82, 2.24) is 15.5 Å². The number of piperazine rings is 1. The van der Waals surface area contributed by atoms with Crippen LogP contribution in [0.4, 0.5) is 0 Å². The van der Waals surface area contributed by atoms with E-state index in [1.54, 1.807) is 4.90 Å². The van der Waals surface area contributed by atoms with E-state index in [2.05, 4.69) is 10.6 Å². The summed E-state index contributed by atoms with van der Waals surface area (Å²) in [6, 6.07) is 7.60. The fraction of sp³-hybridized carbons (Fsp3) is 0.333. The van der Waals surface area contributed by atoms with Gasteiger partial charge in [-0.15, -0.1) is 11.3 Å². The third-order valence-corrected chi connectivity index (χ3v) is 5.29. The number of nitrogens with one attached hydrogen (secondary N) is 2. The van der Waals surface area contributed by atoms with Gasteiger partial charge in [0, 0.05) is 36.3 Å². The zero-order valence-corrected chi connectivity index (χ0v) is 13.5. The van der Waals surface area contributed by atoms with Crippen molar-refractivity contribution in [2.45, 2.75) is 0 Å². The number of fused-ring (bicyclic) bond motifs is 1. The Labute approximate surface area is 137 Å². The average Bonchev–Trinajstić information content (AvgIpc) is 2.90. The van der Waals surface area contributed by atoms with Gasteiger partial charge in [-0.1, -0.05) is 29.8 Å². The van der Waals surface area contributed by atoms with Crippen molar-refractivity contribution >= 4 is 44.8 Å². The Morgan fingerprint density at radius 1 is 1.27 bits per heavy atom. The minimum atomic E-state index is -0.297. The van der Waals surface area contributed by atoms with Crippen LogP contribution in [0.5, 0.6) is 0 Å². The first kappa shape index (κ1) is 15.3. The van der Waals surface area contributed by atoms with Crippen molar-refractivity contribution in [3.8, 4) is 0 Å². The van der Waals surface area contributed by atoms with E-state index in [1.807, 2.05) is 24.3 Å². The molecule has 116 valence electrons. The van der Waals surface area contributed by atoms with Crippen LogP contribution in [0, 0.1) is 0 Å². The van der Waals surface area contributed by atoms with Crippen molar-refractivity contribution in [3.05, 3.63) is 34.2 Å². The zero-order valence-electron chi connectivity index (χ0n) is 11.9. The van der Waals surface area contributed by atoms with Crippen LogP contribution in [0.15, 0.2) is 24.3 Å². The maximum Gasteiger partial charge on any atom is 0.263 e. The third-order valence-electron chi connectivity index (χ3n) is 3.61. The maximum absolute atomic E-state index is 12.3. The van der Waals surface area contributed by atoms with Crippen molar-refractivity contribution in [2.24, 2.45) is 0 Å². The van der Waals surface area contributed by atoms with Crippen LogP contribution in [0.25, 0.3) is 10.1 Å². The number of hydrogen-bond donors (Lipinski definition) is 2. The normalized spacial score (nSPS) is 15.0. The van der Waals surface area contributed by atoms with E-state index in [0.717, 1.165) is 23.2 Å². The topological polar surface area (TPSA) is 61.4 Å². The first-order valence-electron chi connectivity index (χ1n) is 7.10. The SMILES string of the molecule is O=C(NCC(=O)N1CCNCC1)c1sc2ccccc2c1Cl. The molecule has 1 fully saturated rings. The van der Waals surface area contributed by atoms with Crippen molar-refractivity contribution < 1.29 is 9.59 Å². The number of halogens is 1. The second-order valence-electron chi connectivity index (χ2n) is 5.05. The average molecular weight is 338 g/mol. The molecular weight excluding hydrogens is 322 g/mol. The summed E-state index contributed by atoms with van der Waals surface area (Å²) in [6.45, 7) is 2.95. The van der Waals surface area contributed by atoms with Crippen LogP contribution in [0.1, 0.15) is 9.67 Å². The van der Waals surface area contributed by atoms with Crippen LogP contribution in [-0.2, 0) is 4.79 Å². The summed E-state index contributed by atoms with van der Waals surface area (Å²) in [5, 5.41) is 7.18. The second kappa shape index (κ2) is 6.64. The molecule has 1 aromatic heterocycles. The molecule has 0 bridgehead atoms. The lowest BCUT2D eigenvalue weighted by Crippen LogP contribution is -2.49. The van der Waals surface area contributed by atoms with Gasteiger partial charge in [-0.2, -0.15) is 0 Å². The van der Waals surface area contributed by atoms with E-state index >= 15 is 0 Å². The van der Waals surface area contributed by atoms with Gasteiger partial charge in [-0.25, -0.2) is 0 Å². The molecule has 1 saturated heterocycles. The monoisotopic (exact) mass is 337 g/mol. The highest BCUT2D eigenvalue weighted by Crippen LogP contribution is 2.34. The van der Waals surface area contributed by atoms with Crippen LogP contribution in [-0.4, -0.2) is 49.4 Å². The summed E-state index contributed by atoms with van der Waals surface area (Å²) in [5.74, 6) is -0.359. The number of amides is 2. The number of nitrogens with zero attached hydrogens (tertiary/aromatic N) is 1. The zero-order chi connectivity index (χ0) is 15.5. The molecule has 2 amide bonds. The van der Waals surface area contributed by atoms with Gasteiger partial charge in [-0.05, 0) is 6.07 Å². The molecule has 7 heteroatoms. The lowest BCUT2D eigenvalue weighted by Gasteiger charge is -2.27. The highest BCUT2D eigenvalue weighted by molar-refractivity contribution is 7.21. The molecule has 0 unspecified atom stereocenters. The van der Waals surface area contributed by atoms with Gasteiger partial charge in [0.2, 0.25) is 5.91 Å². The number of hydrogen-bond acceptors (Lipinski definition) is 4. The Hall–Kier alpha value is -1.63. The Balaban J connectivity index is 1.66. The van der Waals surface area contributed by atoms with Gasteiger partial charge in [0.25, 0.3) is 5.91 Å². The summed E-state index contributed by atoms with van der Waals surface area (Å²) in [5.41, 5.74) is 0. The number of thiophene rings is 1. The predicted octanol–water partition coefficient (Wildman–Crippen LogP) is 1.72. The number of carbonyl (C=O) groups excluding carboxylic acids is 2. The van der Waals surface area contributed by atoms with Crippen LogP contribution in [0.3, 0.4) is 0 Å². The molecule has 1 aliphatic rings. The molecule has 3 rings (SSSR count). The van der Waals surface area contributed by atoms with Crippen molar-refractivity contribution in [3.63, 3.8) is 0 Å². The molecule has 2 heterocycles. The fourth-order valence-electron chi connectivity index (χ4n) is 2.42. The number of benzene rings is 1. The molecule has 0 radical (unpaired) electrons. The minimum Gasteiger partial charge on any atom is -0.342 e. The molecular formula is C15H16ClN3O2S. The van der Waals surface area contributed by atoms with Crippen LogP contribution in [0.2, 0.25) is 5.02 Å². The lowest BCUT2D eigenvalue weighted by molar-refractivity contribution is -0.130. The standard InChI is InChI=1S/C15H16ClN3O2S/c16-13-10-3-1-2-4-11(10)22-14(13)15(21)18-9-12(20)19-7-5-17-6-8-19/h1-4,17H,5-9H2,(H,18,21). The molecule has 0 saturated carbocycles. The smallest absolute Gasteiger partial charge is 0.263 e. The van der Waals surface area contributed by atoms with E-state index in [0.29, 0.717) is 23.0 Å². The molecule has 0 spiro atoms. The van der Waals surface area contributed by atoms with Crippen LogP contribution >= 0.6 is 22.9 Å². The van der Waals surface area contributed by atoms with E-state index in [1.165, 1.54) is 11.3 Å². The Bertz CT molecular complexity index is 710. The predicted molar refractivity (Wildman–Crippen MR) is 88.6 cm³/mol. The Morgan fingerprint density at radius 3 is 2.73 bits per heavy atom. The Kier molecular flexibility index (Phi) is 4.61. The minimum absolute atomic E-state index is 0.00338. The third kappa shape index (κ3) is 3.09. The number of rotatable bonds is 3. The molecule has 22 heavy (non-hydrogen) atoms. The van der Waals surface area contributed by atoms with E-state index in [9.17, 15) is 9.59 Å². The lowest BCUT2D eigenvalue weighted by atomic mass is 10.2. The Morgan fingerprint density at radius 2 is 2.00 bits per heavy atom. The largest absolute Gasteiger partial charge is 0.342 e. The quantitative estimate of drug-likeness (QED) is 0.896. The van der Waals surface area contributed by atoms with Crippen molar-refractivity contribution in [2.75, 3.05) is 32.7 Å². The number of carbonyl (C=O) groups is 2. The molecule has 0 aliphatic carbocycles. The van der Waals surface area contributed by atoms with Gasteiger partial charge in [-0.3, -0.25) is 9.59 Å². The second-order valence-corrected chi connectivity index (χ2v) is 6.48. The molecule has 1 aliphatic heterocycles. The molecule has 5 nitrogen and oxygen atoms in total. The van der Waals surface area contributed by atoms with Crippen LogP contribution < -0.4 is 10.6 Å². The molecule has 2 aromatic rings. The van der Waals surface area contributed by atoms with E-state index in [-0.39, 0.29) is 18.4 Å². The van der Waals surface area contributed by atoms with Gasteiger partial charge < -0.3 is 15.5 Å². The van der Waals surface area contributed by atoms with Gasteiger partial charge in [0.05, 0.1) is 11.6 Å². The molecule has 0 atom stereocenters. The van der Waals surface area contributed by atoms with Crippen molar-refractivity contribution in [1.29, 1.82) is 0 Å². The summed E-state index contributed by atoms with van der Waals surface area (Å²) >= 11 is 7.60. The van der Waals surface area contributed by atoms with Gasteiger partial charge in [0.15, 0.2) is 0 Å². The summed E-state index contributed by atoms with van der Waals surface area (Å²) < 4.78 is 0.964.